The summed E-state index contributed by atoms with van der Waals surface area (Å²) in [5.41, 5.74) is 5.69. The summed E-state index contributed by atoms with van der Waals surface area (Å²) in [4.78, 5) is 0. The van der Waals surface area contributed by atoms with E-state index >= 15 is 0 Å². The van der Waals surface area contributed by atoms with Gasteiger partial charge in [0.15, 0.2) is 0 Å². The van der Waals surface area contributed by atoms with E-state index in [0.717, 1.165) is 17.5 Å². The standard InChI is InChI=1S/C28H31FN2/c1-3-4-5-6-7-8-23-13-16-26(17-14-23)27-18-15-25(19-28(27)29)21-31-30-20-24-11-9-22(2)10-12-24/h9-21H,3-8H2,1-2H3. The van der Waals surface area contributed by atoms with Crippen molar-refractivity contribution in [2.45, 2.75) is 52.4 Å². The van der Waals surface area contributed by atoms with Crippen LogP contribution in [0.25, 0.3) is 11.1 Å². The normalized spacial score (nSPS) is 11.6. The van der Waals surface area contributed by atoms with Gasteiger partial charge in [-0.2, -0.15) is 10.2 Å². The molecule has 0 heterocycles. The van der Waals surface area contributed by atoms with Crippen molar-refractivity contribution < 1.29 is 4.39 Å². The Morgan fingerprint density at radius 2 is 1.39 bits per heavy atom. The molecule has 0 saturated heterocycles. The molecule has 0 bridgehead atoms. The van der Waals surface area contributed by atoms with Crippen LogP contribution in [0.15, 0.2) is 76.9 Å². The second kappa shape index (κ2) is 11.9. The summed E-state index contributed by atoms with van der Waals surface area (Å²) in [5, 5.41) is 8.09. The molecule has 160 valence electrons. The number of halogens is 1. The van der Waals surface area contributed by atoms with Gasteiger partial charge in [-0.15, -0.1) is 0 Å². The Morgan fingerprint density at radius 3 is 2.06 bits per heavy atom. The summed E-state index contributed by atoms with van der Waals surface area (Å²) in [6.45, 7) is 4.28. The lowest BCUT2D eigenvalue weighted by Crippen LogP contribution is -1.90. The molecule has 3 aromatic carbocycles. The van der Waals surface area contributed by atoms with Crippen molar-refractivity contribution in [3.8, 4) is 11.1 Å². The van der Waals surface area contributed by atoms with Gasteiger partial charge in [-0.3, -0.25) is 0 Å². The maximum absolute atomic E-state index is 14.7. The van der Waals surface area contributed by atoms with Crippen molar-refractivity contribution in [3.63, 3.8) is 0 Å². The van der Waals surface area contributed by atoms with Crippen LogP contribution in [0.1, 0.15) is 61.3 Å². The minimum atomic E-state index is -0.251. The van der Waals surface area contributed by atoms with Crippen molar-refractivity contribution in [1.29, 1.82) is 0 Å². The van der Waals surface area contributed by atoms with Crippen LogP contribution >= 0.6 is 0 Å². The molecule has 0 aliphatic heterocycles. The monoisotopic (exact) mass is 414 g/mol. The first-order valence-electron chi connectivity index (χ1n) is 11.2. The van der Waals surface area contributed by atoms with Gasteiger partial charge in [-0.1, -0.05) is 98.8 Å². The zero-order chi connectivity index (χ0) is 21.9. The van der Waals surface area contributed by atoms with Gasteiger partial charge in [0.2, 0.25) is 0 Å². The summed E-state index contributed by atoms with van der Waals surface area (Å²) in [6.07, 6.45) is 10.7. The summed E-state index contributed by atoms with van der Waals surface area (Å²) in [6, 6.07) is 21.5. The predicted molar refractivity (Wildman–Crippen MR) is 131 cm³/mol. The van der Waals surface area contributed by atoms with Gasteiger partial charge in [0.05, 0.1) is 12.4 Å². The molecule has 0 fully saturated rings. The molecule has 3 heteroatoms. The molecule has 3 rings (SSSR count). The fourth-order valence-electron chi connectivity index (χ4n) is 3.48. The molecule has 0 aromatic heterocycles. The van der Waals surface area contributed by atoms with Gasteiger partial charge >= 0.3 is 0 Å². The van der Waals surface area contributed by atoms with Crippen LogP contribution in [0.5, 0.6) is 0 Å². The van der Waals surface area contributed by atoms with E-state index in [4.69, 9.17) is 0 Å². The highest BCUT2D eigenvalue weighted by Crippen LogP contribution is 2.24. The zero-order valence-corrected chi connectivity index (χ0v) is 18.5. The first-order chi connectivity index (χ1) is 15.2. The third-order valence-corrected chi connectivity index (χ3v) is 5.38. The Kier molecular flexibility index (Phi) is 8.71. The lowest BCUT2D eigenvalue weighted by atomic mass is 10.00. The molecule has 0 spiro atoms. The minimum Gasteiger partial charge on any atom is -0.206 e. The molecular weight excluding hydrogens is 383 g/mol. The Morgan fingerprint density at radius 1 is 0.742 bits per heavy atom. The minimum absolute atomic E-state index is 0.251. The average molecular weight is 415 g/mol. The summed E-state index contributed by atoms with van der Waals surface area (Å²) >= 11 is 0. The first kappa shape index (κ1) is 22.6. The van der Waals surface area contributed by atoms with Crippen molar-refractivity contribution in [2.24, 2.45) is 10.2 Å². The van der Waals surface area contributed by atoms with E-state index in [1.54, 1.807) is 18.5 Å². The number of hydrogen-bond donors (Lipinski definition) is 0. The second-order valence-electron chi connectivity index (χ2n) is 8.00. The number of nitrogens with zero attached hydrogens (tertiary/aromatic N) is 2. The van der Waals surface area contributed by atoms with Crippen molar-refractivity contribution in [1.82, 2.24) is 0 Å². The van der Waals surface area contributed by atoms with Crippen LogP contribution in [0.4, 0.5) is 4.39 Å². The van der Waals surface area contributed by atoms with Crippen LogP contribution in [-0.4, -0.2) is 12.4 Å². The maximum Gasteiger partial charge on any atom is 0.131 e. The van der Waals surface area contributed by atoms with E-state index in [9.17, 15) is 4.39 Å². The molecule has 0 unspecified atom stereocenters. The van der Waals surface area contributed by atoms with E-state index in [2.05, 4.69) is 29.3 Å². The lowest BCUT2D eigenvalue weighted by molar-refractivity contribution is 0.630. The molecule has 0 radical (unpaired) electrons. The summed E-state index contributed by atoms with van der Waals surface area (Å²) < 4.78 is 14.7. The topological polar surface area (TPSA) is 24.7 Å². The van der Waals surface area contributed by atoms with E-state index in [-0.39, 0.29) is 5.82 Å². The predicted octanol–water partition coefficient (Wildman–Crippen LogP) is 7.77. The number of aryl methyl sites for hydroxylation is 2. The average Bonchev–Trinajstić information content (AvgIpc) is 2.78. The third kappa shape index (κ3) is 7.29. The zero-order valence-electron chi connectivity index (χ0n) is 18.5. The number of rotatable bonds is 10. The van der Waals surface area contributed by atoms with E-state index in [1.807, 2.05) is 49.4 Å². The fourth-order valence-corrected chi connectivity index (χ4v) is 3.48. The van der Waals surface area contributed by atoms with Crippen molar-refractivity contribution in [3.05, 3.63) is 94.8 Å². The third-order valence-electron chi connectivity index (χ3n) is 5.38. The molecule has 0 amide bonds. The smallest absolute Gasteiger partial charge is 0.131 e. The Bertz CT molecular complexity index is 1000. The number of hydrogen-bond acceptors (Lipinski definition) is 2. The van der Waals surface area contributed by atoms with Gasteiger partial charge in [-0.25, -0.2) is 4.39 Å². The molecule has 0 N–H and O–H groups in total. The molecule has 2 nitrogen and oxygen atoms in total. The van der Waals surface area contributed by atoms with Crippen molar-refractivity contribution in [2.75, 3.05) is 0 Å². The van der Waals surface area contributed by atoms with E-state index in [1.165, 1.54) is 49.3 Å². The van der Waals surface area contributed by atoms with Gasteiger partial charge in [0, 0.05) is 5.56 Å². The highest BCUT2D eigenvalue weighted by atomic mass is 19.1. The van der Waals surface area contributed by atoms with Gasteiger partial charge in [0.1, 0.15) is 5.82 Å². The molecule has 31 heavy (non-hydrogen) atoms. The molecule has 0 aliphatic carbocycles. The highest BCUT2D eigenvalue weighted by Gasteiger charge is 2.06. The first-order valence-corrected chi connectivity index (χ1v) is 11.2. The Balaban J connectivity index is 1.57. The van der Waals surface area contributed by atoms with Crippen LogP contribution in [0, 0.1) is 12.7 Å². The molecule has 0 saturated carbocycles. The van der Waals surface area contributed by atoms with E-state index < -0.39 is 0 Å². The largest absolute Gasteiger partial charge is 0.206 e. The summed E-state index contributed by atoms with van der Waals surface area (Å²) in [7, 11) is 0. The molecule has 3 aromatic rings. The van der Waals surface area contributed by atoms with Crippen molar-refractivity contribution >= 4 is 12.4 Å². The van der Waals surface area contributed by atoms with Crippen LogP contribution < -0.4 is 0 Å². The van der Waals surface area contributed by atoms with Crippen LogP contribution in [0.3, 0.4) is 0 Å². The SMILES string of the molecule is CCCCCCCc1ccc(-c2ccc(C=NN=Cc3ccc(C)cc3)cc2F)cc1. The quantitative estimate of drug-likeness (QED) is 0.184. The van der Waals surface area contributed by atoms with E-state index in [0.29, 0.717) is 11.1 Å². The molecular formula is C28H31FN2. The molecule has 0 atom stereocenters. The fraction of sp³-hybridized carbons (Fsp3) is 0.286. The second-order valence-corrected chi connectivity index (χ2v) is 8.00. The Hall–Kier alpha value is -3.07. The van der Waals surface area contributed by atoms with Crippen LogP contribution in [-0.2, 0) is 6.42 Å². The molecule has 0 aliphatic rings. The number of unbranched alkanes of at least 4 members (excludes halogenated alkanes) is 4. The number of benzene rings is 3. The van der Waals surface area contributed by atoms with Crippen LogP contribution in [0.2, 0.25) is 0 Å². The summed E-state index contributed by atoms with van der Waals surface area (Å²) in [5.74, 6) is -0.251. The van der Waals surface area contributed by atoms with Gasteiger partial charge in [0.25, 0.3) is 0 Å². The maximum atomic E-state index is 14.7. The lowest BCUT2D eigenvalue weighted by Gasteiger charge is -2.07. The highest BCUT2D eigenvalue weighted by molar-refractivity contribution is 5.83. The Labute approximate surface area is 185 Å². The van der Waals surface area contributed by atoms with Gasteiger partial charge < -0.3 is 0 Å². The van der Waals surface area contributed by atoms with Gasteiger partial charge in [-0.05, 0) is 48.1 Å².